The normalized spacial score (nSPS) is 17.5. The van der Waals surface area contributed by atoms with Crippen LogP contribution in [-0.4, -0.2) is 38.9 Å². The van der Waals surface area contributed by atoms with Gasteiger partial charge in [0.15, 0.2) is 0 Å². The van der Waals surface area contributed by atoms with Crippen LogP contribution in [0.1, 0.15) is 51.0 Å². The quantitative estimate of drug-likeness (QED) is 0.489. The number of halogens is 7. The van der Waals surface area contributed by atoms with E-state index in [0.29, 0.717) is 11.9 Å². The molecule has 0 saturated heterocycles. The van der Waals surface area contributed by atoms with E-state index in [2.05, 4.69) is 15.3 Å². The van der Waals surface area contributed by atoms with Crippen molar-refractivity contribution in [3.8, 4) is 0 Å². The Balaban J connectivity index is 1.44. The van der Waals surface area contributed by atoms with Crippen LogP contribution in [0, 0.1) is 0 Å². The van der Waals surface area contributed by atoms with E-state index in [0.717, 1.165) is 18.2 Å². The van der Waals surface area contributed by atoms with Crippen molar-refractivity contribution in [3.63, 3.8) is 0 Å². The molecule has 1 aliphatic heterocycles. The number of likely N-dealkylation sites (N-methyl/N-ethyl adjacent to an activating group) is 1. The number of hydrogen-bond acceptors (Lipinski definition) is 4. The summed E-state index contributed by atoms with van der Waals surface area (Å²) in [6.07, 6.45) is -9.69. The Morgan fingerprint density at radius 2 is 1.81 bits per heavy atom. The zero-order chi connectivity index (χ0) is 26.3. The summed E-state index contributed by atoms with van der Waals surface area (Å²) in [7, 11) is 1.69. The number of pyridine rings is 1. The smallest absolute Gasteiger partial charge is 0.347 e. The molecule has 0 aliphatic carbocycles. The molecule has 0 saturated carbocycles. The van der Waals surface area contributed by atoms with E-state index in [9.17, 15) is 35.5 Å². The summed E-state index contributed by atoms with van der Waals surface area (Å²) in [5.74, 6) is -0.261. The molecular formula is C23H20F7N5O. The Kier molecular flexibility index (Phi) is 6.78. The van der Waals surface area contributed by atoms with Crippen molar-refractivity contribution in [1.29, 1.82) is 0 Å². The minimum absolute atomic E-state index is 0.0488. The van der Waals surface area contributed by atoms with E-state index in [-0.39, 0.29) is 30.0 Å². The lowest BCUT2D eigenvalue weighted by Gasteiger charge is -2.32. The van der Waals surface area contributed by atoms with Crippen LogP contribution in [-0.2, 0) is 25.4 Å². The number of imidazole rings is 1. The van der Waals surface area contributed by atoms with Crippen LogP contribution in [0.3, 0.4) is 0 Å². The zero-order valence-corrected chi connectivity index (χ0v) is 18.7. The number of alkyl halides is 7. The molecule has 4 rings (SSSR count). The van der Waals surface area contributed by atoms with Gasteiger partial charge in [-0.3, -0.25) is 9.69 Å². The molecule has 2 aromatic heterocycles. The first-order valence-corrected chi connectivity index (χ1v) is 10.7. The third-order valence-corrected chi connectivity index (χ3v) is 5.80. The lowest BCUT2D eigenvalue weighted by atomic mass is 10.1. The number of aromatic nitrogens is 3. The predicted octanol–water partition coefficient (Wildman–Crippen LogP) is 4.94. The molecule has 0 spiro atoms. The largest absolute Gasteiger partial charge is 0.433 e. The van der Waals surface area contributed by atoms with Gasteiger partial charge in [0.25, 0.3) is 5.91 Å². The second-order valence-electron chi connectivity index (χ2n) is 8.37. The summed E-state index contributed by atoms with van der Waals surface area (Å²) in [5, 5.41) is 2.32. The number of benzene rings is 1. The lowest BCUT2D eigenvalue weighted by Crippen LogP contribution is -2.34. The average molecular weight is 515 g/mol. The monoisotopic (exact) mass is 515 g/mol. The molecule has 3 heterocycles. The molecule has 13 heteroatoms. The number of hydrogen-bond donors (Lipinski definition) is 1. The number of nitrogens with one attached hydrogen (secondary N) is 1. The molecule has 1 amide bonds. The second kappa shape index (κ2) is 9.52. The van der Waals surface area contributed by atoms with Crippen LogP contribution >= 0.6 is 0 Å². The molecule has 1 aromatic carbocycles. The van der Waals surface area contributed by atoms with Gasteiger partial charge >= 0.3 is 12.4 Å². The maximum atomic E-state index is 14.5. The van der Waals surface area contributed by atoms with Gasteiger partial charge in [-0.25, -0.2) is 14.4 Å². The highest BCUT2D eigenvalue weighted by molar-refractivity contribution is 5.92. The SMILES string of the molecule is CN1Cc2nc(C(=O)NCC(F)c3cccc(C(F)(F)F)c3)cn2CC1c1cccc(C(F)(F)F)n1. The minimum Gasteiger partial charge on any atom is -0.347 e. The van der Waals surface area contributed by atoms with E-state index >= 15 is 0 Å². The summed E-state index contributed by atoms with van der Waals surface area (Å²) >= 11 is 0. The lowest BCUT2D eigenvalue weighted by molar-refractivity contribution is -0.141. The van der Waals surface area contributed by atoms with E-state index in [1.807, 2.05) is 0 Å². The Morgan fingerprint density at radius 3 is 2.50 bits per heavy atom. The topological polar surface area (TPSA) is 63.1 Å². The molecule has 1 N–H and O–H groups in total. The molecule has 192 valence electrons. The first kappa shape index (κ1) is 25.6. The van der Waals surface area contributed by atoms with Crippen molar-refractivity contribution in [2.24, 2.45) is 0 Å². The Labute approximate surface area is 200 Å². The molecule has 0 fully saturated rings. The number of rotatable bonds is 5. The van der Waals surface area contributed by atoms with Crippen molar-refractivity contribution in [2.45, 2.75) is 37.7 Å². The summed E-state index contributed by atoms with van der Waals surface area (Å²) in [4.78, 5) is 22.2. The average Bonchev–Trinajstić information content (AvgIpc) is 3.24. The second-order valence-corrected chi connectivity index (χ2v) is 8.37. The molecule has 3 aromatic rings. The van der Waals surface area contributed by atoms with Gasteiger partial charge in [0, 0.05) is 12.7 Å². The fourth-order valence-electron chi connectivity index (χ4n) is 3.92. The molecule has 1 aliphatic rings. The Hall–Kier alpha value is -3.48. The van der Waals surface area contributed by atoms with Gasteiger partial charge in [-0.1, -0.05) is 18.2 Å². The molecular weight excluding hydrogens is 495 g/mol. The minimum atomic E-state index is -4.62. The third kappa shape index (κ3) is 5.50. The van der Waals surface area contributed by atoms with Crippen molar-refractivity contribution in [2.75, 3.05) is 13.6 Å². The third-order valence-electron chi connectivity index (χ3n) is 5.80. The maximum absolute atomic E-state index is 14.5. The van der Waals surface area contributed by atoms with Crippen molar-refractivity contribution >= 4 is 5.91 Å². The van der Waals surface area contributed by atoms with E-state index in [1.54, 1.807) is 16.5 Å². The van der Waals surface area contributed by atoms with E-state index < -0.39 is 48.3 Å². The van der Waals surface area contributed by atoms with Crippen molar-refractivity contribution in [1.82, 2.24) is 24.8 Å². The van der Waals surface area contributed by atoms with Gasteiger partial charge in [-0.2, -0.15) is 26.3 Å². The first-order chi connectivity index (χ1) is 16.8. The predicted molar refractivity (Wildman–Crippen MR) is 113 cm³/mol. The Bertz CT molecular complexity index is 1250. The van der Waals surface area contributed by atoms with Crippen LogP contribution in [0.2, 0.25) is 0 Å². The molecule has 6 nitrogen and oxygen atoms in total. The van der Waals surface area contributed by atoms with Crippen LogP contribution in [0.25, 0.3) is 0 Å². The standard InChI is InChI=1S/C23H20F7N5O/c1-34-12-20-33-17(10-35(20)11-18(34)16-6-3-7-19(32-16)23(28,29)30)21(36)31-9-15(24)13-4-2-5-14(8-13)22(25,26)27/h2-8,10,15,18H,9,11-12H2,1H3,(H,31,36). The molecule has 0 radical (unpaired) electrons. The molecule has 2 atom stereocenters. The highest BCUT2D eigenvalue weighted by atomic mass is 19.4. The van der Waals surface area contributed by atoms with E-state index in [1.165, 1.54) is 24.4 Å². The summed E-state index contributed by atoms with van der Waals surface area (Å²) in [6, 6.07) is 6.92. The van der Waals surface area contributed by atoms with Crippen LogP contribution in [0.15, 0.2) is 48.7 Å². The first-order valence-electron chi connectivity index (χ1n) is 10.7. The van der Waals surface area contributed by atoms with Gasteiger partial charge in [0.1, 0.15) is 23.4 Å². The van der Waals surface area contributed by atoms with Crippen LogP contribution < -0.4 is 5.32 Å². The highest BCUT2D eigenvalue weighted by Gasteiger charge is 2.35. The number of fused-ring (bicyclic) bond motifs is 1. The maximum Gasteiger partial charge on any atom is 0.433 e. The van der Waals surface area contributed by atoms with Gasteiger partial charge < -0.3 is 9.88 Å². The van der Waals surface area contributed by atoms with Crippen molar-refractivity contribution in [3.05, 3.63) is 82.7 Å². The summed E-state index contributed by atoms with van der Waals surface area (Å²) in [6.45, 7) is -0.179. The fraction of sp³-hybridized carbons (Fsp3) is 0.348. The van der Waals surface area contributed by atoms with E-state index in [4.69, 9.17) is 0 Å². The number of nitrogens with zero attached hydrogens (tertiary/aromatic N) is 4. The van der Waals surface area contributed by atoms with Crippen LogP contribution in [0.4, 0.5) is 30.7 Å². The summed E-state index contributed by atoms with van der Waals surface area (Å²) in [5.41, 5.74) is -2.07. The van der Waals surface area contributed by atoms with Crippen LogP contribution in [0.5, 0.6) is 0 Å². The highest BCUT2D eigenvalue weighted by Crippen LogP contribution is 2.33. The van der Waals surface area contributed by atoms with Gasteiger partial charge in [-0.05, 0) is 36.9 Å². The Morgan fingerprint density at radius 1 is 1.08 bits per heavy atom. The number of carbonyl (C=O) groups is 1. The molecule has 0 bridgehead atoms. The molecule has 36 heavy (non-hydrogen) atoms. The summed E-state index contributed by atoms with van der Waals surface area (Å²) < 4.78 is 93.9. The van der Waals surface area contributed by atoms with Gasteiger partial charge in [0.2, 0.25) is 0 Å². The van der Waals surface area contributed by atoms with Gasteiger partial charge in [-0.15, -0.1) is 0 Å². The van der Waals surface area contributed by atoms with Crippen molar-refractivity contribution < 1.29 is 35.5 Å². The fourth-order valence-corrected chi connectivity index (χ4v) is 3.92. The van der Waals surface area contributed by atoms with Gasteiger partial charge in [0.05, 0.1) is 30.4 Å². The zero-order valence-electron chi connectivity index (χ0n) is 18.7. The number of amides is 1. The number of carbonyl (C=O) groups excluding carboxylic acids is 1. The molecule has 2 unspecified atom stereocenters.